The molecule has 1 heterocycles. The maximum atomic E-state index is 12.9. The molecule has 0 aromatic carbocycles. The van der Waals surface area contributed by atoms with Crippen LogP contribution in [0.3, 0.4) is 0 Å². The number of hydrogen-bond acceptors (Lipinski definition) is 4. The van der Waals surface area contributed by atoms with Gasteiger partial charge in [-0.2, -0.15) is 0 Å². The van der Waals surface area contributed by atoms with Gasteiger partial charge < -0.3 is 14.5 Å². The Labute approximate surface area is 136 Å². The zero-order valence-electron chi connectivity index (χ0n) is 14.1. The molecular weight excluding hydrogens is 303 g/mol. The molecule has 1 unspecified atom stereocenters. The minimum absolute atomic E-state index is 0.0867. The molecule has 1 aliphatic rings. The van der Waals surface area contributed by atoms with Crippen molar-refractivity contribution in [2.24, 2.45) is 5.92 Å². The van der Waals surface area contributed by atoms with E-state index in [4.69, 9.17) is 9.39 Å². The third-order valence-electron chi connectivity index (χ3n) is 4.41. The molecule has 1 aliphatic carbocycles. The van der Waals surface area contributed by atoms with E-state index in [0.717, 1.165) is 6.42 Å². The molecule has 127 valence electrons. The van der Waals surface area contributed by atoms with Crippen LogP contribution in [0, 0.1) is 5.92 Å². The first-order valence-corrected chi connectivity index (χ1v) is 7.69. The number of alkyl halides is 2. The molecule has 1 fully saturated rings. The van der Waals surface area contributed by atoms with Crippen LogP contribution in [0.4, 0.5) is 8.78 Å². The van der Waals surface area contributed by atoms with Crippen molar-refractivity contribution in [1.82, 2.24) is 4.98 Å². The van der Waals surface area contributed by atoms with Gasteiger partial charge in [-0.15, -0.1) is 0 Å². The van der Waals surface area contributed by atoms with Crippen LogP contribution in [0.15, 0.2) is 12.3 Å². The topological polar surface area (TPSA) is 51.6 Å². The van der Waals surface area contributed by atoms with Crippen LogP contribution < -0.4 is 10.2 Å². The van der Waals surface area contributed by atoms with Crippen molar-refractivity contribution in [1.29, 1.82) is 0 Å². The van der Waals surface area contributed by atoms with Gasteiger partial charge >= 0.3 is 7.48 Å². The lowest BCUT2D eigenvalue weighted by Gasteiger charge is -2.37. The second-order valence-corrected chi connectivity index (χ2v) is 7.12. The number of hydrogen-bond donors (Lipinski definition) is 1. The van der Waals surface area contributed by atoms with E-state index >= 15 is 0 Å². The smallest absolute Gasteiger partial charge is 0.334 e. The predicted octanol–water partition coefficient (Wildman–Crippen LogP) is 2.62. The van der Waals surface area contributed by atoms with Crippen molar-refractivity contribution in [3.63, 3.8) is 0 Å². The number of halogens is 2. The predicted molar refractivity (Wildman–Crippen MR) is 84.2 cm³/mol. The molecule has 2 rings (SSSR count). The minimum Gasteiger partial charge on any atom is -0.489 e. The number of nitrogens with zero attached hydrogens (tertiary/aromatic N) is 1. The van der Waals surface area contributed by atoms with E-state index in [9.17, 15) is 13.9 Å². The van der Waals surface area contributed by atoms with Crippen LogP contribution in [0.1, 0.15) is 53.2 Å². The molecule has 1 aromatic rings. The molecule has 0 aliphatic heterocycles. The third-order valence-corrected chi connectivity index (χ3v) is 4.41. The largest absolute Gasteiger partial charge is 0.489 e. The van der Waals surface area contributed by atoms with Gasteiger partial charge in [-0.1, -0.05) is 6.92 Å². The molecule has 1 radical (unpaired) electrons. The Morgan fingerprint density at radius 1 is 1.35 bits per heavy atom. The molecule has 4 nitrogen and oxygen atoms in total. The fraction of sp³-hybridized carbons (Fsp3) is 0.688. The van der Waals surface area contributed by atoms with Gasteiger partial charge in [0, 0.05) is 0 Å². The Morgan fingerprint density at radius 3 is 2.43 bits per heavy atom. The summed E-state index contributed by atoms with van der Waals surface area (Å²) in [5.41, 5.74) is -1.94. The molecule has 2 atom stereocenters. The van der Waals surface area contributed by atoms with Crippen LogP contribution in [-0.2, 0) is 4.65 Å². The number of ether oxygens (including phenoxy) is 1. The molecule has 7 heteroatoms. The average Bonchev–Trinajstić information content (AvgIpc) is 3.11. The molecule has 0 amide bonds. The maximum Gasteiger partial charge on any atom is 0.334 e. The summed E-state index contributed by atoms with van der Waals surface area (Å²) in [5.74, 6) is 0.863. The van der Waals surface area contributed by atoms with Gasteiger partial charge in [0.05, 0.1) is 17.4 Å². The zero-order valence-corrected chi connectivity index (χ0v) is 14.1. The fourth-order valence-electron chi connectivity index (χ4n) is 1.76. The molecule has 0 spiro atoms. The summed E-state index contributed by atoms with van der Waals surface area (Å²) in [5, 5.41) is 10.1. The summed E-state index contributed by atoms with van der Waals surface area (Å²) in [6.45, 7) is 8.76. The first-order chi connectivity index (χ1) is 10.5. The van der Waals surface area contributed by atoms with Crippen LogP contribution in [0.25, 0.3) is 0 Å². The maximum absolute atomic E-state index is 12.9. The Kier molecular flexibility index (Phi) is 5.02. The SMILES string of the molecule is CC1C[C@@H]1Oc1cnc(C(F)F)cc1[B]OC(C)(C)C(C)(C)O. The number of aromatic nitrogens is 1. The third kappa shape index (κ3) is 4.41. The highest BCUT2D eigenvalue weighted by Gasteiger charge is 2.38. The van der Waals surface area contributed by atoms with Crippen molar-refractivity contribution in [2.75, 3.05) is 0 Å². The quantitative estimate of drug-likeness (QED) is 0.783. The molecule has 23 heavy (non-hydrogen) atoms. The van der Waals surface area contributed by atoms with Crippen molar-refractivity contribution in [2.45, 2.75) is 64.8 Å². The molecule has 1 N–H and O–H groups in total. The summed E-state index contributed by atoms with van der Waals surface area (Å²) in [6, 6.07) is 1.26. The lowest BCUT2D eigenvalue weighted by Crippen LogP contribution is -2.49. The van der Waals surface area contributed by atoms with Gasteiger partial charge in [0.1, 0.15) is 17.5 Å². The average molecular weight is 326 g/mol. The van der Waals surface area contributed by atoms with Gasteiger partial charge in [-0.05, 0) is 51.6 Å². The summed E-state index contributed by atoms with van der Waals surface area (Å²) in [4.78, 5) is 3.74. The first-order valence-electron chi connectivity index (χ1n) is 7.69. The van der Waals surface area contributed by atoms with E-state index < -0.39 is 17.6 Å². The minimum atomic E-state index is -2.67. The second-order valence-electron chi connectivity index (χ2n) is 7.12. The summed E-state index contributed by atoms with van der Waals surface area (Å²) >= 11 is 0. The number of rotatable bonds is 7. The summed E-state index contributed by atoms with van der Waals surface area (Å²) < 4.78 is 37.2. The van der Waals surface area contributed by atoms with Crippen LogP contribution >= 0.6 is 0 Å². The lowest BCUT2D eigenvalue weighted by molar-refractivity contribution is -0.0893. The molecule has 0 saturated heterocycles. The highest BCUT2D eigenvalue weighted by molar-refractivity contribution is 6.48. The number of pyridine rings is 1. The lowest BCUT2D eigenvalue weighted by atomic mass is 9.82. The van der Waals surface area contributed by atoms with Crippen LogP contribution in [0.2, 0.25) is 0 Å². The highest BCUT2D eigenvalue weighted by Crippen LogP contribution is 2.33. The van der Waals surface area contributed by atoms with Gasteiger partial charge in [0.15, 0.2) is 0 Å². The van der Waals surface area contributed by atoms with Crippen molar-refractivity contribution >= 4 is 12.9 Å². The van der Waals surface area contributed by atoms with Gasteiger partial charge in [0.2, 0.25) is 0 Å². The first kappa shape index (κ1) is 18.1. The van der Waals surface area contributed by atoms with E-state index in [-0.39, 0.29) is 11.8 Å². The van der Waals surface area contributed by atoms with E-state index in [1.807, 2.05) is 0 Å². The van der Waals surface area contributed by atoms with E-state index in [1.165, 1.54) is 19.7 Å². The van der Waals surface area contributed by atoms with E-state index in [2.05, 4.69) is 11.9 Å². The van der Waals surface area contributed by atoms with E-state index in [0.29, 0.717) is 17.1 Å². The van der Waals surface area contributed by atoms with Gasteiger partial charge in [-0.3, -0.25) is 4.98 Å². The molecule has 0 bridgehead atoms. The van der Waals surface area contributed by atoms with Crippen molar-refractivity contribution in [3.05, 3.63) is 18.0 Å². The Morgan fingerprint density at radius 2 is 1.96 bits per heavy atom. The van der Waals surface area contributed by atoms with Crippen LogP contribution in [-0.4, -0.2) is 34.9 Å². The van der Waals surface area contributed by atoms with Crippen molar-refractivity contribution < 1.29 is 23.3 Å². The van der Waals surface area contributed by atoms with Crippen molar-refractivity contribution in [3.8, 4) is 5.75 Å². The Balaban J connectivity index is 2.18. The van der Waals surface area contributed by atoms with Gasteiger partial charge in [0.25, 0.3) is 6.43 Å². The number of aliphatic hydroxyl groups is 1. The second kappa shape index (κ2) is 6.36. The normalized spacial score (nSPS) is 21.4. The Bertz CT molecular complexity index is 561. The standard InChI is InChI=1S/C16H23BF2NO3/c1-9-6-12(9)22-13-8-20-11(14(18)19)7-10(13)17-23-16(4,5)15(2,3)21/h7-9,12,14,21H,6H2,1-5H3/t9?,12-/m0/s1. The van der Waals surface area contributed by atoms with Crippen LogP contribution in [0.5, 0.6) is 5.75 Å². The molecular formula is C16H23BF2NO3. The highest BCUT2D eigenvalue weighted by atomic mass is 19.3. The summed E-state index contributed by atoms with van der Waals surface area (Å²) in [6.07, 6.45) is -0.341. The van der Waals surface area contributed by atoms with E-state index in [1.54, 1.807) is 27.7 Å². The van der Waals surface area contributed by atoms with Gasteiger partial charge in [-0.25, -0.2) is 8.78 Å². The fourth-order valence-corrected chi connectivity index (χ4v) is 1.76. The molecule has 1 saturated carbocycles. The summed E-state index contributed by atoms with van der Waals surface area (Å²) in [7, 11) is 1.36. The monoisotopic (exact) mass is 326 g/mol. The zero-order chi connectivity index (χ0) is 17.4. The molecule has 1 aromatic heterocycles. The Hall–Kier alpha value is -1.21.